The number of amides is 2. The average molecular weight is 508 g/mol. The van der Waals surface area contributed by atoms with E-state index in [9.17, 15) is 22.4 Å². The number of carbonyl (C=O) groups is 1. The van der Waals surface area contributed by atoms with Gasteiger partial charge in [-0.15, -0.1) is 0 Å². The number of hydroxylamine groups is 2. The van der Waals surface area contributed by atoms with Crippen molar-refractivity contribution in [1.29, 1.82) is 0 Å². The van der Waals surface area contributed by atoms with Gasteiger partial charge in [-0.3, -0.25) is 10.2 Å². The van der Waals surface area contributed by atoms with Crippen LogP contribution in [0, 0.1) is 12.9 Å². The number of urea groups is 1. The summed E-state index contributed by atoms with van der Waals surface area (Å²) in [5.41, 5.74) is -0.597. The van der Waals surface area contributed by atoms with E-state index in [0.717, 1.165) is 4.68 Å². The molecule has 1 saturated heterocycles. The summed E-state index contributed by atoms with van der Waals surface area (Å²) in [4.78, 5) is 22.4. The molecule has 36 heavy (non-hydrogen) atoms. The van der Waals surface area contributed by atoms with E-state index in [-0.39, 0.29) is 12.2 Å². The second-order valence-corrected chi connectivity index (χ2v) is 8.08. The van der Waals surface area contributed by atoms with Crippen molar-refractivity contribution in [3.63, 3.8) is 0 Å². The number of nitrogens with one attached hydrogen (secondary N) is 2. The van der Waals surface area contributed by atoms with E-state index in [1.807, 2.05) is 0 Å². The maximum Gasteiger partial charge on any atom is 0.421 e. The van der Waals surface area contributed by atoms with Crippen LogP contribution in [0.5, 0.6) is 0 Å². The zero-order valence-corrected chi connectivity index (χ0v) is 19.4. The van der Waals surface area contributed by atoms with Gasteiger partial charge in [0.05, 0.1) is 24.0 Å². The Kier molecular flexibility index (Phi) is 7.52. The highest BCUT2D eigenvalue weighted by atomic mass is 19.4. The summed E-state index contributed by atoms with van der Waals surface area (Å²) >= 11 is 0. The monoisotopic (exact) mass is 508 g/mol. The van der Waals surface area contributed by atoms with Crippen LogP contribution in [0.3, 0.4) is 0 Å². The summed E-state index contributed by atoms with van der Waals surface area (Å²) in [7, 11) is 1.52. The molecule has 0 radical (unpaired) electrons. The second-order valence-electron chi connectivity index (χ2n) is 8.08. The Morgan fingerprint density at radius 2 is 2.00 bits per heavy atom. The van der Waals surface area contributed by atoms with E-state index < -0.39 is 41.7 Å². The Morgan fingerprint density at radius 3 is 2.67 bits per heavy atom. The first-order valence-corrected chi connectivity index (χ1v) is 11.0. The minimum Gasteiger partial charge on any atom is -0.383 e. The highest BCUT2D eigenvalue weighted by molar-refractivity contribution is 5.90. The topological polar surface area (TPSA) is 93.5 Å². The van der Waals surface area contributed by atoms with Crippen molar-refractivity contribution < 1.29 is 31.9 Å². The van der Waals surface area contributed by atoms with Gasteiger partial charge >= 0.3 is 12.2 Å². The first kappa shape index (κ1) is 25.5. The molecular formula is C23H24F4N6O3. The highest BCUT2D eigenvalue weighted by Gasteiger charge is 2.41. The standard InChI is InChI=1S/C23H24F4N6O3/c1-14-19(23(25,26)27)21(33(31-14)16-6-4-3-5-7-16)30-22(34)29-17-13-32(10-11-35-2)36-20(17)15-8-9-28-18(24)12-15/h3-9,12,17,20H,10-11,13H2,1-2H3,(H2,29,30,34)/t17-,20+/m1/s1. The first-order valence-electron chi connectivity index (χ1n) is 11.0. The number of anilines is 1. The Hall–Kier alpha value is -3.55. The lowest BCUT2D eigenvalue weighted by Crippen LogP contribution is -2.42. The lowest BCUT2D eigenvalue weighted by Gasteiger charge is -2.20. The Labute approximate surface area is 204 Å². The molecular weight excluding hydrogens is 484 g/mol. The Bertz CT molecular complexity index is 1200. The normalized spacial score (nSPS) is 18.4. The first-order chi connectivity index (χ1) is 17.2. The number of carbonyl (C=O) groups excluding carboxylic acids is 1. The largest absolute Gasteiger partial charge is 0.421 e. The molecule has 13 heteroatoms. The number of rotatable bonds is 7. The molecule has 0 aliphatic carbocycles. The number of para-hydroxylation sites is 1. The van der Waals surface area contributed by atoms with Crippen LogP contribution in [0.2, 0.25) is 0 Å². The number of pyridine rings is 1. The van der Waals surface area contributed by atoms with E-state index in [2.05, 4.69) is 20.7 Å². The summed E-state index contributed by atoms with van der Waals surface area (Å²) in [5.74, 6) is -1.25. The van der Waals surface area contributed by atoms with Gasteiger partial charge in [0.25, 0.3) is 0 Å². The van der Waals surface area contributed by atoms with Crippen molar-refractivity contribution in [1.82, 2.24) is 25.1 Å². The number of hydrogen-bond donors (Lipinski definition) is 2. The number of methoxy groups -OCH3 is 1. The molecule has 0 bridgehead atoms. The van der Waals surface area contributed by atoms with E-state index in [1.54, 1.807) is 30.3 Å². The molecule has 0 spiro atoms. The molecule has 3 aromatic rings. The fraction of sp³-hybridized carbons (Fsp3) is 0.348. The van der Waals surface area contributed by atoms with E-state index in [4.69, 9.17) is 9.57 Å². The number of benzene rings is 1. The lowest BCUT2D eigenvalue weighted by atomic mass is 10.0. The number of aromatic nitrogens is 3. The Balaban J connectivity index is 1.61. The fourth-order valence-electron chi connectivity index (χ4n) is 3.99. The van der Waals surface area contributed by atoms with Crippen LogP contribution in [0.15, 0.2) is 48.7 Å². The molecule has 3 heterocycles. The summed E-state index contributed by atoms with van der Waals surface area (Å²) in [6.07, 6.45) is -4.29. The maximum atomic E-state index is 13.9. The van der Waals surface area contributed by atoms with Gasteiger partial charge in [-0.05, 0) is 36.8 Å². The summed E-state index contributed by atoms with van der Waals surface area (Å²) in [6, 6.07) is 9.24. The van der Waals surface area contributed by atoms with Crippen molar-refractivity contribution >= 4 is 11.8 Å². The van der Waals surface area contributed by atoms with Gasteiger partial charge in [-0.25, -0.2) is 14.5 Å². The second kappa shape index (κ2) is 10.6. The molecule has 192 valence electrons. The van der Waals surface area contributed by atoms with Gasteiger partial charge in [-0.1, -0.05) is 18.2 Å². The minimum absolute atomic E-state index is 0.189. The molecule has 9 nitrogen and oxygen atoms in total. The zero-order valence-electron chi connectivity index (χ0n) is 19.4. The molecule has 1 aliphatic rings. The number of aryl methyl sites for hydroxylation is 1. The van der Waals surface area contributed by atoms with Crippen LogP contribution in [0.4, 0.5) is 28.2 Å². The molecule has 2 amide bonds. The third-order valence-corrected chi connectivity index (χ3v) is 5.55. The molecule has 1 fully saturated rings. The molecule has 0 saturated carbocycles. The number of ether oxygens (including phenoxy) is 1. The van der Waals surface area contributed by atoms with Crippen LogP contribution in [-0.4, -0.2) is 58.7 Å². The van der Waals surface area contributed by atoms with Gasteiger partial charge in [0.1, 0.15) is 17.5 Å². The van der Waals surface area contributed by atoms with Crippen molar-refractivity contribution in [3.05, 3.63) is 71.4 Å². The number of halogens is 4. The number of nitrogens with zero attached hydrogens (tertiary/aromatic N) is 4. The van der Waals surface area contributed by atoms with Crippen LogP contribution in [-0.2, 0) is 15.8 Å². The smallest absolute Gasteiger partial charge is 0.383 e. The molecule has 1 aliphatic heterocycles. The molecule has 1 aromatic carbocycles. The lowest BCUT2D eigenvalue weighted by molar-refractivity contribution is -0.154. The molecule has 0 unspecified atom stereocenters. The van der Waals surface area contributed by atoms with Gasteiger partial charge in [0, 0.05) is 26.4 Å². The quantitative estimate of drug-likeness (QED) is 0.372. The number of alkyl halides is 3. The number of hydrogen-bond acceptors (Lipinski definition) is 6. The van der Waals surface area contributed by atoms with Gasteiger partial charge in [0.2, 0.25) is 5.95 Å². The van der Waals surface area contributed by atoms with E-state index in [1.165, 1.54) is 37.4 Å². The fourth-order valence-corrected chi connectivity index (χ4v) is 3.99. The van der Waals surface area contributed by atoms with Crippen molar-refractivity contribution in [2.75, 3.05) is 32.1 Å². The molecule has 2 N–H and O–H groups in total. The summed E-state index contributed by atoms with van der Waals surface area (Å²) in [6.45, 7) is 2.10. The van der Waals surface area contributed by atoms with Gasteiger partial charge < -0.3 is 10.1 Å². The SMILES string of the molecule is COCCN1C[C@@H](NC(=O)Nc2c(C(F)(F)F)c(C)nn2-c2ccccc2)[C@H](c2ccnc(F)c2)O1. The maximum absolute atomic E-state index is 13.9. The van der Waals surface area contributed by atoms with Crippen molar-refractivity contribution in [3.8, 4) is 5.69 Å². The molecule has 2 atom stereocenters. The van der Waals surface area contributed by atoms with Gasteiger partial charge in [-0.2, -0.15) is 27.7 Å². The molecule has 4 rings (SSSR count). The van der Waals surface area contributed by atoms with E-state index in [0.29, 0.717) is 24.4 Å². The zero-order chi connectivity index (χ0) is 25.9. The minimum atomic E-state index is -4.76. The Morgan fingerprint density at radius 1 is 1.25 bits per heavy atom. The van der Waals surface area contributed by atoms with Crippen molar-refractivity contribution in [2.24, 2.45) is 0 Å². The van der Waals surface area contributed by atoms with Gasteiger partial charge in [0.15, 0.2) is 0 Å². The highest BCUT2D eigenvalue weighted by Crippen LogP contribution is 2.38. The van der Waals surface area contributed by atoms with E-state index >= 15 is 0 Å². The third kappa shape index (κ3) is 5.64. The van der Waals surface area contributed by atoms with Crippen LogP contribution >= 0.6 is 0 Å². The van der Waals surface area contributed by atoms with Crippen LogP contribution in [0.25, 0.3) is 5.69 Å². The summed E-state index contributed by atoms with van der Waals surface area (Å²) < 4.78 is 61.5. The third-order valence-electron chi connectivity index (χ3n) is 5.55. The van der Waals surface area contributed by atoms with Crippen LogP contribution in [0.1, 0.15) is 22.9 Å². The average Bonchev–Trinajstić information content (AvgIpc) is 3.38. The molecule has 2 aromatic heterocycles. The summed E-state index contributed by atoms with van der Waals surface area (Å²) in [5, 5.41) is 10.5. The van der Waals surface area contributed by atoms with Crippen molar-refractivity contribution in [2.45, 2.75) is 25.2 Å². The van der Waals surface area contributed by atoms with Crippen LogP contribution < -0.4 is 10.6 Å². The predicted molar refractivity (Wildman–Crippen MR) is 121 cm³/mol. The predicted octanol–water partition coefficient (Wildman–Crippen LogP) is 3.86.